The third kappa shape index (κ3) is 4.46. The largest absolute Gasteiger partial charge is 0.340 e. The van der Waals surface area contributed by atoms with E-state index in [-0.39, 0.29) is 24.3 Å². The molecule has 0 saturated heterocycles. The van der Waals surface area contributed by atoms with Crippen LogP contribution in [-0.2, 0) is 17.9 Å². The number of benzene rings is 1. The lowest BCUT2D eigenvalue weighted by molar-refractivity contribution is -0.131. The molecule has 1 aliphatic heterocycles. The van der Waals surface area contributed by atoms with E-state index in [1.807, 2.05) is 28.9 Å². The zero-order valence-corrected chi connectivity index (χ0v) is 17.2. The van der Waals surface area contributed by atoms with Gasteiger partial charge < -0.3 is 9.80 Å². The number of carbonyl (C=O) groups excluding carboxylic acids is 2. The summed E-state index contributed by atoms with van der Waals surface area (Å²) < 4.78 is 1.84. The van der Waals surface area contributed by atoms with Gasteiger partial charge in [0.1, 0.15) is 0 Å². The van der Waals surface area contributed by atoms with Crippen molar-refractivity contribution >= 4 is 11.8 Å². The van der Waals surface area contributed by atoms with Crippen LogP contribution in [0.15, 0.2) is 60.9 Å². The molecule has 1 aromatic carbocycles. The topological polar surface area (TPSA) is 95.1 Å². The molecule has 156 valence electrons. The Kier molecular flexibility index (Phi) is 5.76. The highest BCUT2D eigenvalue weighted by Crippen LogP contribution is 2.25. The zero-order chi connectivity index (χ0) is 21.8. The van der Waals surface area contributed by atoms with Crippen molar-refractivity contribution in [3.8, 4) is 6.07 Å². The summed E-state index contributed by atoms with van der Waals surface area (Å²) in [6.45, 7) is 1.19. The third-order valence-electron chi connectivity index (χ3n) is 5.37. The summed E-state index contributed by atoms with van der Waals surface area (Å²) in [6.07, 6.45) is 3.62. The maximum atomic E-state index is 13.1. The van der Waals surface area contributed by atoms with Crippen molar-refractivity contribution in [2.45, 2.75) is 25.6 Å². The first kappa shape index (κ1) is 20.3. The molecule has 3 heterocycles. The lowest BCUT2D eigenvalue weighted by Gasteiger charge is -2.34. The Morgan fingerprint density at radius 3 is 2.84 bits per heavy atom. The van der Waals surface area contributed by atoms with Gasteiger partial charge in [-0.2, -0.15) is 10.4 Å². The minimum atomic E-state index is -0.263. The molecule has 0 spiro atoms. The molecule has 0 aliphatic carbocycles. The molecule has 4 rings (SSSR count). The second-order valence-corrected chi connectivity index (χ2v) is 7.57. The molecule has 0 radical (unpaired) electrons. The number of hydrogen-bond acceptors (Lipinski definition) is 5. The summed E-state index contributed by atoms with van der Waals surface area (Å²) in [5.74, 6) is -0.207. The average Bonchev–Trinajstić information content (AvgIpc) is 3.28. The van der Waals surface area contributed by atoms with Crippen LogP contribution < -0.4 is 0 Å². The van der Waals surface area contributed by atoms with Crippen LogP contribution in [0.3, 0.4) is 0 Å². The van der Waals surface area contributed by atoms with E-state index in [0.717, 1.165) is 11.4 Å². The van der Waals surface area contributed by atoms with Gasteiger partial charge in [-0.15, -0.1) is 0 Å². The van der Waals surface area contributed by atoms with Gasteiger partial charge in [-0.3, -0.25) is 19.3 Å². The van der Waals surface area contributed by atoms with Crippen LogP contribution in [0.2, 0.25) is 0 Å². The number of nitriles is 1. The molecular formula is C23H22N6O2. The predicted molar refractivity (Wildman–Crippen MR) is 112 cm³/mol. The highest BCUT2D eigenvalue weighted by molar-refractivity contribution is 5.94. The minimum absolute atomic E-state index is 0.0436. The Bertz CT molecular complexity index is 1130. The summed E-state index contributed by atoms with van der Waals surface area (Å²) in [4.78, 5) is 33.6. The Labute approximate surface area is 180 Å². The van der Waals surface area contributed by atoms with E-state index in [2.05, 4.69) is 16.2 Å². The summed E-state index contributed by atoms with van der Waals surface area (Å²) in [7, 11) is 1.75. The maximum Gasteiger partial charge on any atom is 0.254 e. The number of aromatic nitrogens is 3. The SMILES string of the molecule is CN(Cc1ccccn1)C(=O)CC1CN(C(=O)c2cccc(C#N)c2)Cc2ccnn21. The molecule has 31 heavy (non-hydrogen) atoms. The Morgan fingerprint density at radius 1 is 1.19 bits per heavy atom. The second-order valence-electron chi connectivity index (χ2n) is 7.57. The minimum Gasteiger partial charge on any atom is -0.340 e. The number of pyridine rings is 1. The molecule has 3 aromatic rings. The molecule has 0 N–H and O–H groups in total. The van der Waals surface area contributed by atoms with Gasteiger partial charge in [0.2, 0.25) is 5.91 Å². The van der Waals surface area contributed by atoms with Crippen molar-refractivity contribution in [2.75, 3.05) is 13.6 Å². The van der Waals surface area contributed by atoms with E-state index in [0.29, 0.717) is 30.8 Å². The number of rotatable bonds is 5. The van der Waals surface area contributed by atoms with Gasteiger partial charge >= 0.3 is 0 Å². The predicted octanol–water partition coefficient (Wildman–Crippen LogP) is 2.40. The van der Waals surface area contributed by atoms with Gasteiger partial charge in [0, 0.05) is 31.5 Å². The zero-order valence-electron chi connectivity index (χ0n) is 17.2. The molecule has 1 atom stereocenters. The molecule has 0 saturated carbocycles. The quantitative estimate of drug-likeness (QED) is 0.639. The van der Waals surface area contributed by atoms with E-state index >= 15 is 0 Å². The van der Waals surface area contributed by atoms with Gasteiger partial charge in [0.05, 0.1) is 48.6 Å². The van der Waals surface area contributed by atoms with Gasteiger partial charge in [0.25, 0.3) is 5.91 Å². The fraction of sp³-hybridized carbons (Fsp3) is 0.261. The Hall–Kier alpha value is -3.99. The fourth-order valence-electron chi connectivity index (χ4n) is 3.78. The molecule has 0 fully saturated rings. The molecule has 1 aliphatic rings. The molecule has 2 aromatic heterocycles. The molecule has 0 bridgehead atoms. The lowest BCUT2D eigenvalue weighted by Crippen LogP contribution is -2.43. The summed E-state index contributed by atoms with van der Waals surface area (Å²) in [5.41, 5.74) is 2.59. The third-order valence-corrected chi connectivity index (χ3v) is 5.37. The Morgan fingerprint density at radius 2 is 2.06 bits per heavy atom. The molecule has 2 amide bonds. The highest BCUT2D eigenvalue weighted by atomic mass is 16.2. The van der Waals surface area contributed by atoms with E-state index in [4.69, 9.17) is 5.26 Å². The van der Waals surface area contributed by atoms with Crippen LogP contribution in [0, 0.1) is 11.3 Å². The standard InChI is InChI=1S/C23H22N6O2/c1-27(14-19-7-2-3-9-25-19)22(30)12-21-16-28(15-20-8-10-26-29(20)21)23(31)18-6-4-5-17(11-18)13-24/h2-11,21H,12,14-16H2,1H3. The van der Waals surface area contributed by atoms with Gasteiger partial charge in [-0.05, 0) is 36.4 Å². The summed E-state index contributed by atoms with van der Waals surface area (Å²) >= 11 is 0. The molecule has 8 nitrogen and oxygen atoms in total. The normalized spacial score (nSPS) is 15.1. The van der Waals surface area contributed by atoms with Gasteiger partial charge in [-0.1, -0.05) is 12.1 Å². The van der Waals surface area contributed by atoms with Crippen molar-refractivity contribution in [3.63, 3.8) is 0 Å². The van der Waals surface area contributed by atoms with Crippen molar-refractivity contribution in [3.05, 3.63) is 83.4 Å². The van der Waals surface area contributed by atoms with Crippen molar-refractivity contribution in [2.24, 2.45) is 0 Å². The van der Waals surface area contributed by atoms with E-state index in [1.165, 1.54) is 0 Å². The smallest absolute Gasteiger partial charge is 0.254 e. The molecular weight excluding hydrogens is 392 g/mol. The van der Waals surface area contributed by atoms with Crippen molar-refractivity contribution in [1.29, 1.82) is 5.26 Å². The van der Waals surface area contributed by atoms with E-state index in [1.54, 1.807) is 53.5 Å². The van der Waals surface area contributed by atoms with Gasteiger partial charge in [-0.25, -0.2) is 0 Å². The first-order chi connectivity index (χ1) is 15.0. The number of fused-ring (bicyclic) bond motifs is 1. The average molecular weight is 414 g/mol. The van der Waals surface area contributed by atoms with Crippen molar-refractivity contribution < 1.29 is 9.59 Å². The van der Waals surface area contributed by atoms with Crippen LogP contribution in [0.25, 0.3) is 0 Å². The van der Waals surface area contributed by atoms with Crippen LogP contribution in [-0.4, -0.2) is 50.0 Å². The Balaban J connectivity index is 1.49. The highest BCUT2D eigenvalue weighted by Gasteiger charge is 2.31. The number of amides is 2. The fourth-order valence-corrected chi connectivity index (χ4v) is 3.78. The van der Waals surface area contributed by atoms with Crippen molar-refractivity contribution in [1.82, 2.24) is 24.6 Å². The van der Waals surface area contributed by atoms with Gasteiger partial charge in [0.15, 0.2) is 0 Å². The van der Waals surface area contributed by atoms with Crippen LogP contribution in [0.4, 0.5) is 0 Å². The van der Waals surface area contributed by atoms with E-state index in [9.17, 15) is 9.59 Å². The second kappa shape index (κ2) is 8.79. The molecule has 8 heteroatoms. The summed E-state index contributed by atoms with van der Waals surface area (Å²) in [6, 6.07) is 15.9. The van der Waals surface area contributed by atoms with Crippen LogP contribution in [0.1, 0.15) is 39.8 Å². The number of hydrogen-bond donors (Lipinski definition) is 0. The summed E-state index contributed by atoms with van der Waals surface area (Å²) in [5, 5.41) is 13.5. The number of nitrogens with zero attached hydrogens (tertiary/aromatic N) is 6. The first-order valence-corrected chi connectivity index (χ1v) is 10.0. The first-order valence-electron chi connectivity index (χ1n) is 10.0. The van der Waals surface area contributed by atoms with Crippen LogP contribution >= 0.6 is 0 Å². The number of carbonyl (C=O) groups is 2. The lowest BCUT2D eigenvalue weighted by atomic mass is 10.1. The monoisotopic (exact) mass is 414 g/mol. The molecule has 1 unspecified atom stereocenters. The van der Waals surface area contributed by atoms with E-state index < -0.39 is 0 Å². The van der Waals surface area contributed by atoms with Crippen LogP contribution in [0.5, 0.6) is 0 Å². The maximum absolute atomic E-state index is 13.1.